The Morgan fingerprint density at radius 2 is 1.78 bits per heavy atom. The molecule has 0 aliphatic heterocycles. The Balaban J connectivity index is 4.11. The fourth-order valence-electron chi connectivity index (χ4n) is 0.190. The van der Waals surface area contributed by atoms with Crippen molar-refractivity contribution in [2.75, 3.05) is 0 Å². The fourth-order valence-corrected chi connectivity index (χ4v) is 0.190. The number of aldehydes is 1. The molecule has 0 aromatic carbocycles. The van der Waals surface area contributed by atoms with Crippen LogP contribution in [0.25, 0.3) is 0 Å². The molecule has 0 aliphatic rings. The van der Waals surface area contributed by atoms with Gasteiger partial charge in [-0.05, 0) is 0 Å². The lowest BCUT2D eigenvalue weighted by atomic mass is 10.5. The molecular weight excluding hydrogens is 140 g/mol. The van der Waals surface area contributed by atoms with E-state index in [0.29, 0.717) is 0 Å². The Labute approximate surface area is 48.0 Å². The van der Waals surface area contributed by atoms with E-state index in [1.54, 1.807) is 0 Å². The third-order valence-electron chi connectivity index (χ3n) is 0.414. The van der Waals surface area contributed by atoms with Gasteiger partial charge in [0.1, 0.15) is 0 Å². The Bertz CT molecular complexity index is 134. The molecule has 9 heavy (non-hydrogen) atoms. The Morgan fingerprint density at radius 3 is 1.89 bits per heavy atom. The molecule has 0 heterocycles. The van der Waals surface area contributed by atoms with Crippen LogP contribution in [0.3, 0.4) is 0 Å². The molecule has 0 saturated carbocycles. The van der Waals surface area contributed by atoms with Gasteiger partial charge in [0.15, 0.2) is 12.1 Å². The van der Waals surface area contributed by atoms with Gasteiger partial charge in [-0.2, -0.15) is 13.2 Å². The first-order valence-corrected chi connectivity index (χ1v) is 1.86. The molecule has 0 unspecified atom stereocenters. The topological polar surface area (TPSA) is 17.1 Å². The molecule has 0 aromatic rings. The van der Waals surface area contributed by atoms with Crippen LogP contribution in [0.4, 0.5) is 17.6 Å². The van der Waals surface area contributed by atoms with Crippen molar-refractivity contribution in [2.45, 2.75) is 6.18 Å². The smallest absolute Gasteiger partial charge is 0.295 e. The van der Waals surface area contributed by atoms with Crippen LogP contribution in [0.5, 0.6) is 0 Å². The van der Waals surface area contributed by atoms with Crippen molar-refractivity contribution in [1.82, 2.24) is 0 Å². The van der Waals surface area contributed by atoms with E-state index in [9.17, 15) is 22.4 Å². The molecule has 0 aliphatic carbocycles. The van der Waals surface area contributed by atoms with Gasteiger partial charge in [-0.1, -0.05) is 0 Å². The lowest BCUT2D eigenvalue weighted by Gasteiger charge is -1.94. The van der Waals surface area contributed by atoms with Crippen molar-refractivity contribution in [2.24, 2.45) is 0 Å². The van der Waals surface area contributed by atoms with Gasteiger partial charge in [0.25, 0.3) is 0 Å². The van der Waals surface area contributed by atoms with Gasteiger partial charge in [-0.25, -0.2) is 4.39 Å². The standard InChI is InChI=1S/C4H2F4O/c5-3(2-9)1-4(6,7)8/h1-2H/b3-1+. The average molecular weight is 142 g/mol. The highest BCUT2D eigenvalue weighted by Gasteiger charge is 2.24. The molecule has 5 heteroatoms. The van der Waals surface area contributed by atoms with Crippen LogP contribution in [0.2, 0.25) is 0 Å². The van der Waals surface area contributed by atoms with E-state index in [-0.39, 0.29) is 0 Å². The van der Waals surface area contributed by atoms with Gasteiger partial charge < -0.3 is 0 Å². The largest absolute Gasteiger partial charge is 0.412 e. The van der Waals surface area contributed by atoms with E-state index in [1.807, 2.05) is 0 Å². The summed E-state index contributed by atoms with van der Waals surface area (Å²) in [7, 11) is 0. The molecule has 0 amide bonds. The van der Waals surface area contributed by atoms with Crippen LogP contribution in [0.1, 0.15) is 0 Å². The van der Waals surface area contributed by atoms with Crippen LogP contribution in [0.15, 0.2) is 11.9 Å². The molecule has 0 fully saturated rings. The third kappa shape index (κ3) is 4.99. The Morgan fingerprint density at radius 1 is 1.33 bits per heavy atom. The SMILES string of the molecule is O=C/C(F)=C\C(F)(F)F. The monoisotopic (exact) mass is 142 g/mol. The van der Waals surface area contributed by atoms with E-state index < -0.39 is 24.4 Å². The minimum atomic E-state index is -4.75. The second kappa shape index (κ2) is 2.61. The maximum absolute atomic E-state index is 11.4. The van der Waals surface area contributed by atoms with E-state index in [0.717, 1.165) is 0 Å². The van der Waals surface area contributed by atoms with E-state index >= 15 is 0 Å². The molecule has 0 N–H and O–H groups in total. The van der Waals surface area contributed by atoms with Gasteiger partial charge in [-0.15, -0.1) is 0 Å². The van der Waals surface area contributed by atoms with Gasteiger partial charge >= 0.3 is 6.18 Å². The molecule has 0 atom stereocenters. The third-order valence-corrected chi connectivity index (χ3v) is 0.414. The van der Waals surface area contributed by atoms with Crippen LogP contribution < -0.4 is 0 Å². The van der Waals surface area contributed by atoms with Gasteiger partial charge in [0.2, 0.25) is 0 Å². The molecule has 0 spiro atoms. The zero-order valence-corrected chi connectivity index (χ0v) is 4.07. The van der Waals surface area contributed by atoms with Crippen molar-refractivity contribution in [1.29, 1.82) is 0 Å². The molecule has 0 bridgehead atoms. The zero-order chi connectivity index (χ0) is 7.49. The molecular formula is C4H2F4O. The summed E-state index contributed by atoms with van der Waals surface area (Å²) in [5.74, 6) is -1.82. The van der Waals surface area contributed by atoms with Gasteiger partial charge in [-0.3, -0.25) is 4.79 Å². The Kier molecular flexibility index (Phi) is 2.36. The minimum Gasteiger partial charge on any atom is -0.295 e. The highest BCUT2D eigenvalue weighted by Crippen LogP contribution is 2.17. The van der Waals surface area contributed by atoms with Crippen molar-refractivity contribution in [3.05, 3.63) is 11.9 Å². The lowest BCUT2D eigenvalue weighted by Crippen LogP contribution is -2.02. The lowest BCUT2D eigenvalue weighted by molar-refractivity contribution is -0.107. The van der Waals surface area contributed by atoms with Gasteiger partial charge in [0, 0.05) is 0 Å². The number of carbonyl (C=O) groups is 1. The Hall–Kier alpha value is -0.870. The number of allylic oxidation sites excluding steroid dienone is 2. The molecule has 0 saturated heterocycles. The number of carbonyl (C=O) groups excluding carboxylic acids is 1. The molecule has 0 aromatic heterocycles. The number of alkyl halides is 3. The average Bonchev–Trinajstić information content (AvgIpc) is 1.62. The summed E-state index contributed by atoms with van der Waals surface area (Å²) in [6.07, 6.45) is -5.96. The molecule has 0 radical (unpaired) electrons. The quantitative estimate of drug-likeness (QED) is 0.308. The van der Waals surface area contributed by atoms with E-state index in [1.165, 1.54) is 0 Å². The first-order valence-electron chi connectivity index (χ1n) is 1.86. The first-order chi connectivity index (χ1) is 3.95. The summed E-state index contributed by atoms with van der Waals surface area (Å²) in [6.45, 7) is 0. The molecule has 52 valence electrons. The summed E-state index contributed by atoms with van der Waals surface area (Å²) < 4.78 is 44.5. The zero-order valence-electron chi connectivity index (χ0n) is 4.07. The van der Waals surface area contributed by atoms with Crippen LogP contribution >= 0.6 is 0 Å². The summed E-state index contributed by atoms with van der Waals surface area (Å²) >= 11 is 0. The van der Waals surface area contributed by atoms with Crippen molar-refractivity contribution >= 4 is 6.29 Å². The van der Waals surface area contributed by atoms with Gasteiger partial charge in [0.05, 0.1) is 6.08 Å². The number of rotatable bonds is 1. The predicted octanol–water partition coefficient (Wildman–Crippen LogP) is 1.60. The van der Waals surface area contributed by atoms with Crippen molar-refractivity contribution < 1.29 is 22.4 Å². The molecule has 0 rings (SSSR count). The fraction of sp³-hybridized carbons (Fsp3) is 0.250. The summed E-state index contributed by atoms with van der Waals surface area (Å²) in [5.41, 5.74) is 0. The summed E-state index contributed by atoms with van der Waals surface area (Å²) in [5, 5.41) is 0. The van der Waals surface area contributed by atoms with Crippen LogP contribution in [0, 0.1) is 0 Å². The second-order valence-corrected chi connectivity index (χ2v) is 1.19. The normalized spacial score (nSPS) is 13.6. The van der Waals surface area contributed by atoms with E-state index in [2.05, 4.69) is 0 Å². The highest BCUT2D eigenvalue weighted by atomic mass is 19.4. The van der Waals surface area contributed by atoms with Crippen molar-refractivity contribution in [3.8, 4) is 0 Å². The first kappa shape index (κ1) is 8.13. The van der Waals surface area contributed by atoms with E-state index in [4.69, 9.17) is 0 Å². The summed E-state index contributed by atoms with van der Waals surface area (Å²) in [4.78, 5) is 9.24. The minimum absolute atomic E-state index is 0.506. The second-order valence-electron chi connectivity index (χ2n) is 1.19. The van der Waals surface area contributed by atoms with Crippen molar-refractivity contribution in [3.63, 3.8) is 0 Å². The summed E-state index contributed by atoms with van der Waals surface area (Å²) in [6, 6.07) is 0. The number of halogens is 4. The maximum atomic E-state index is 11.4. The molecule has 1 nitrogen and oxygen atoms in total. The number of hydrogen-bond acceptors (Lipinski definition) is 1. The maximum Gasteiger partial charge on any atom is 0.412 e. The van der Waals surface area contributed by atoms with Crippen LogP contribution in [-0.4, -0.2) is 12.5 Å². The van der Waals surface area contributed by atoms with Crippen LogP contribution in [-0.2, 0) is 4.79 Å². The highest BCUT2D eigenvalue weighted by molar-refractivity contribution is 5.69. The number of hydrogen-bond donors (Lipinski definition) is 0. The predicted molar refractivity (Wildman–Crippen MR) is 21.3 cm³/mol.